The molecule has 0 aliphatic carbocycles. The number of pyridine rings is 2. The van der Waals surface area contributed by atoms with Crippen LogP contribution in [0, 0.1) is 6.92 Å². The fourth-order valence-corrected chi connectivity index (χ4v) is 2.67. The van der Waals surface area contributed by atoms with Crippen molar-refractivity contribution in [2.45, 2.75) is 6.92 Å². The third kappa shape index (κ3) is 2.43. The number of carbonyl (C=O) groups is 1. The molecule has 0 saturated heterocycles. The highest BCUT2D eigenvalue weighted by atomic mass is 32.1. The van der Waals surface area contributed by atoms with E-state index in [0.717, 1.165) is 5.69 Å². The standard InChI is InChI=1S/C14H12N4O2S/c1-8-3-4-9-11(19)10(7-15-12(9)16-8)13(20)17-14-18(2)5-6-21-14/h3-7H,1-2H3,(H,15,16,19). The molecule has 0 bridgehead atoms. The van der Waals surface area contributed by atoms with Crippen LogP contribution >= 0.6 is 11.3 Å². The minimum absolute atomic E-state index is 0.0153. The van der Waals surface area contributed by atoms with Crippen molar-refractivity contribution in [3.8, 4) is 0 Å². The highest BCUT2D eigenvalue weighted by Gasteiger charge is 2.13. The van der Waals surface area contributed by atoms with Gasteiger partial charge >= 0.3 is 0 Å². The topological polar surface area (TPSA) is 80.1 Å². The third-order valence-electron chi connectivity index (χ3n) is 3.06. The number of carbonyl (C=O) groups excluding carboxylic acids is 1. The lowest BCUT2D eigenvalue weighted by molar-refractivity contribution is 0.0996. The van der Waals surface area contributed by atoms with E-state index in [9.17, 15) is 9.59 Å². The minimum atomic E-state index is -0.559. The van der Waals surface area contributed by atoms with Crippen LogP contribution in [0.3, 0.4) is 0 Å². The van der Waals surface area contributed by atoms with Gasteiger partial charge in [0.1, 0.15) is 11.2 Å². The summed E-state index contributed by atoms with van der Waals surface area (Å²) in [4.78, 5) is 36.2. The number of hydrogen-bond acceptors (Lipinski definition) is 4. The molecule has 0 unspecified atom stereocenters. The monoisotopic (exact) mass is 300 g/mol. The molecule has 3 aromatic rings. The van der Waals surface area contributed by atoms with Crippen LogP contribution in [0.1, 0.15) is 16.1 Å². The highest BCUT2D eigenvalue weighted by molar-refractivity contribution is 7.07. The molecule has 3 rings (SSSR count). The summed E-state index contributed by atoms with van der Waals surface area (Å²) in [7, 11) is 1.79. The maximum Gasteiger partial charge on any atom is 0.285 e. The van der Waals surface area contributed by atoms with Crippen molar-refractivity contribution < 1.29 is 4.79 Å². The van der Waals surface area contributed by atoms with Gasteiger partial charge in [-0.3, -0.25) is 9.59 Å². The summed E-state index contributed by atoms with van der Waals surface area (Å²) in [6.07, 6.45) is 3.17. The van der Waals surface area contributed by atoms with Crippen molar-refractivity contribution in [2.24, 2.45) is 12.0 Å². The molecule has 7 heteroatoms. The molecule has 0 aromatic carbocycles. The molecule has 0 aliphatic heterocycles. The van der Waals surface area contributed by atoms with E-state index in [1.807, 2.05) is 12.3 Å². The van der Waals surface area contributed by atoms with Crippen LogP contribution in [0.2, 0.25) is 0 Å². The first kappa shape index (κ1) is 13.4. The van der Waals surface area contributed by atoms with Gasteiger partial charge in [0.05, 0.1) is 5.39 Å². The zero-order valence-electron chi connectivity index (χ0n) is 11.5. The van der Waals surface area contributed by atoms with Crippen molar-refractivity contribution in [2.75, 3.05) is 0 Å². The molecule has 0 radical (unpaired) electrons. The summed E-state index contributed by atoms with van der Waals surface area (Å²) < 4.78 is 1.72. The Morgan fingerprint density at radius 3 is 2.95 bits per heavy atom. The van der Waals surface area contributed by atoms with E-state index in [2.05, 4.69) is 15.0 Å². The largest absolute Gasteiger partial charge is 0.345 e. The molecule has 0 aliphatic rings. The van der Waals surface area contributed by atoms with E-state index < -0.39 is 5.91 Å². The SMILES string of the molecule is Cc1ccc2c(=O)c(C(=O)N=c3sccn3C)c[nH]c2n1. The predicted molar refractivity (Wildman–Crippen MR) is 80.3 cm³/mol. The maximum absolute atomic E-state index is 12.4. The number of hydrogen-bond donors (Lipinski definition) is 1. The van der Waals surface area contributed by atoms with Crippen LogP contribution in [0.5, 0.6) is 0 Å². The molecule has 21 heavy (non-hydrogen) atoms. The number of nitrogens with one attached hydrogen (secondary N) is 1. The quantitative estimate of drug-likeness (QED) is 0.737. The van der Waals surface area contributed by atoms with Gasteiger partial charge in [0.15, 0.2) is 4.80 Å². The van der Waals surface area contributed by atoms with Crippen LogP contribution < -0.4 is 10.2 Å². The van der Waals surface area contributed by atoms with Gasteiger partial charge in [-0.05, 0) is 19.1 Å². The van der Waals surface area contributed by atoms with E-state index in [-0.39, 0.29) is 11.0 Å². The molecule has 1 N–H and O–H groups in total. The summed E-state index contributed by atoms with van der Waals surface area (Å²) in [5, 5.41) is 2.21. The van der Waals surface area contributed by atoms with Gasteiger partial charge in [-0.15, -0.1) is 11.3 Å². The smallest absolute Gasteiger partial charge is 0.285 e. The van der Waals surface area contributed by atoms with Crippen LogP contribution in [0.25, 0.3) is 11.0 Å². The normalized spacial score (nSPS) is 12.0. The number of amides is 1. The zero-order valence-corrected chi connectivity index (χ0v) is 12.3. The fraction of sp³-hybridized carbons (Fsp3) is 0.143. The summed E-state index contributed by atoms with van der Waals surface area (Å²) in [6.45, 7) is 1.84. The molecule has 3 aromatic heterocycles. The average molecular weight is 300 g/mol. The van der Waals surface area contributed by atoms with Crippen molar-refractivity contribution in [1.29, 1.82) is 0 Å². The molecule has 0 spiro atoms. The zero-order chi connectivity index (χ0) is 15.0. The molecular formula is C14H12N4O2S. The Morgan fingerprint density at radius 2 is 2.24 bits per heavy atom. The number of aromatic amines is 1. The summed E-state index contributed by atoms with van der Waals surface area (Å²) in [6, 6.07) is 3.40. The second kappa shape index (κ2) is 5.10. The summed E-state index contributed by atoms with van der Waals surface area (Å²) in [5.74, 6) is -0.559. The van der Waals surface area contributed by atoms with E-state index in [1.165, 1.54) is 17.5 Å². The number of aryl methyl sites for hydroxylation is 2. The third-order valence-corrected chi connectivity index (χ3v) is 3.91. The van der Waals surface area contributed by atoms with Crippen LogP contribution in [-0.4, -0.2) is 20.4 Å². The van der Waals surface area contributed by atoms with Crippen molar-refractivity contribution in [3.05, 3.63) is 56.2 Å². The summed E-state index contributed by atoms with van der Waals surface area (Å²) in [5.41, 5.74) is 0.927. The van der Waals surface area contributed by atoms with E-state index in [0.29, 0.717) is 15.8 Å². The van der Waals surface area contributed by atoms with Crippen LogP contribution in [-0.2, 0) is 7.05 Å². The summed E-state index contributed by atoms with van der Waals surface area (Å²) >= 11 is 1.33. The Labute approximate surface area is 123 Å². The van der Waals surface area contributed by atoms with E-state index in [1.54, 1.807) is 29.9 Å². The van der Waals surface area contributed by atoms with Crippen LogP contribution in [0.4, 0.5) is 0 Å². The lowest BCUT2D eigenvalue weighted by Gasteiger charge is -2.00. The van der Waals surface area contributed by atoms with Crippen molar-refractivity contribution in [1.82, 2.24) is 14.5 Å². The van der Waals surface area contributed by atoms with Crippen molar-refractivity contribution >= 4 is 28.3 Å². The first-order valence-electron chi connectivity index (χ1n) is 6.24. The van der Waals surface area contributed by atoms with Crippen LogP contribution in [0.15, 0.2) is 39.7 Å². The number of fused-ring (bicyclic) bond motifs is 1. The Morgan fingerprint density at radius 1 is 1.43 bits per heavy atom. The molecule has 0 fully saturated rings. The van der Waals surface area contributed by atoms with Gasteiger partial charge in [0.25, 0.3) is 5.91 Å². The molecule has 6 nitrogen and oxygen atoms in total. The fourth-order valence-electron chi connectivity index (χ4n) is 1.94. The minimum Gasteiger partial charge on any atom is -0.345 e. The highest BCUT2D eigenvalue weighted by Crippen LogP contribution is 2.07. The van der Waals surface area contributed by atoms with Crippen molar-refractivity contribution in [3.63, 3.8) is 0 Å². The van der Waals surface area contributed by atoms with Gasteiger partial charge in [-0.25, -0.2) is 4.98 Å². The number of thiazole rings is 1. The number of aromatic nitrogens is 3. The predicted octanol–water partition coefficient (Wildman–Crippen LogP) is 1.37. The average Bonchev–Trinajstić information content (AvgIpc) is 2.84. The Kier molecular flexibility index (Phi) is 3.26. The molecule has 1 amide bonds. The first-order valence-corrected chi connectivity index (χ1v) is 7.12. The second-order valence-electron chi connectivity index (χ2n) is 4.59. The molecule has 0 saturated carbocycles. The molecule has 0 atom stereocenters. The second-order valence-corrected chi connectivity index (χ2v) is 5.47. The van der Waals surface area contributed by atoms with Gasteiger partial charge in [-0.1, -0.05) is 0 Å². The van der Waals surface area contributed by atoms with E-state index in [4.69, 9.17) is 0 Å². The van der Waals surface area contributed by atoms with Gasteiger partial charge in [0, 0.05) is 30.5 Å². The number of nitrogens with zero attached hydrogens (tertiary/aromatic N) is 3. The Bertz CT molecular complexity index is 965. The lowest BCUT2D eigenvalue weighted by atomic mass is 10.2. The van der Waals surface area contributed by atoms with Gasteiger partial charge < -0.3 is 9.55 Å². The number of rotatable bonds is 1. The molecule has 3 heterocycles. The molecule has 106 valence electrons. The Balaban J connectivity index is 2.16. The van der Waals surface area contributed by atoms with E-state index >= 15 is 0 Å². The Hall–Kier alpha value is -2.54. The first-order chi connectivity index (χ1) is 10.1. The molecular weight excluding hydrogens is 288 g/mol. The maximum atomic E-state index is 12.4. The lowest BCUT2D eigenvalue weighted by Crippen LogP contribution is -2.19. The van der Waals surface area contributed by atoms with Gasteiger partial charge in [-0.2, -0.15) is 4.99 Å². The van der Waals surface area contributed by atoms with Gasteiger partial charge in [0.2, 0.25) is 5.43 Å². The number of H-pyrrole nitrogens is 1.